The molecule has 2 heterocycles. The van der Waals surface area contributed by atoms with E-state index in [1.807, 2.05) is 6.07 Å². The van der Waals surface area contributed by atoms with Crippen molar-refractivity contribution in [3.63, 3.8) is 0 Å². The molecule has 0 atom stereocenters. The number of benzene rings is 1. The van der Waals surface area contributed by atoms with Crippen LogP contribution in [-0.4, -0.2) is 32.6 Å². The molecule has 27 heavy (non-hydrogen) atoms. The molecule has 3 aromatic rings. The fourth-order valence-corrected chi connectivity index (χ4v) is 3.68. The van der Waals surface area contributed by atoms with Crippen LogP contribution < -0.4 is 11.4 Å². The first kappa shape index (κ1) is 17.3. The molecule has 1 saturated carbocycles. The minimum Gasteiger partial charge on any atom is -0.465 e. The number of methoxy groups -OCH3 is 1. The number of anilines is 1. The molecule has 8 nitrogen and oxygen atoms in total. The predicted octanol–water partition coefficient (Wildman–Crippen LogP) is 2.19. The second-order valence-electron chi connectivity index (χ2n) is 6.86. The predicted molar refractivity (Wildman–Crippen MR) is 101 cm³/mol. The number of carbonyl (C=O) groups is 1. The lowest BCUT2D eigenvalue weighted by molar-refractivity contribution is 0.0600. The molecule has 4 rings (SSSR count). The van der Waals surface area contributed by atoms with Gasteiger partial charge in [0.25, 0.3) is 0 Å². The Morgan fingerprint density at radius 2 is 2.11 bits per heavy atom. The molecule has 1 aliphatic carbocycles. The van der Waals surface area contributed by atoms with Crippen molar-refractivity contribution in [2.45, 2.75) is 38.1 Å². The summed E-state index contributed by atoms with van der Waals surface area (Å²) in [7, 11) is 1.34. The average molecular weight is 367 g/mol. The van der Waals surface area contributed by atoms with Gasteiger partial charge in [-0.05, 0) is 30.5 Å². The Morgan fingerprint density at radius 3 is 2.85 bits per heavy atom. The van der Waals surface area contributed by atoms with E-state index in [1.165, 1.54) is 11.7 Å². The summed E-state index contributed by atoms with van der Waals surface area (Å²) in [6.45, 7) is 0.268. The molecular weight excluding hydrogens is 346 g/mol. The molecule has 0 amide bonds. The molecule has 8 heteroatoms. The number of nitrogens with zero attached hydrogens (tertiary/aromatic N) is 3. The summed E-state index contributed by atoms with van der Waals surface area (Å²) in [4.78, 5) is 36.1. The van der Waals surface area contributed by atoms with E-state index in [2.05, 4.69) is 15.0 Å². The van der Waals surface area contributed by atoms with Crippen molar-refractivity contribution in [2.24, 2.45) is 0 Å². The van der Waals surface area contributed by atoms with Crippen LogP contribution in [-0.2, 0) is 11.3 Å². The van der Waals surface area contributed by atoms with Crippen LogP contribution in [0.25, 0.3) is 11.2 Å². The van der Waals surface area contributed by atoms with Gasteiger partial charge in [0, 0.05) is 5.92 Å². The molecule has 0 aliphatic heterocycles. The molecule has 0 saturated heterocycles. The minimum absolute atomic E-state index is 0.268. The highest BCUT2D eigenvalue weighted by molar-refractivity contribution is 5.89. The summed E-state index contributed by atoms with van der Waals surface area (Å²) < 4.78 is 6.29. The summed E-state index contributed by atoms with van der Waals surface area (Å²) in [5.41, 5.74) is 7.95. The number of nitrogens with one attached hydrogen (secondary N) is 1. The molecule has 0 bridgehead atoms. The summed E-state index contributed by atoms with van der Waals surface area (Å²) in [6, 6.07) is 6.99. The van der Waals surface area contributed by atoms with Gasteiger partial charge < -0.3 is 15.5 Å². The van der Waals surface area contributed by atoms with E-state index < -0.39 is 5.97 Å². The average Bonchev–Trinajstić information content (AvgIpc) is 3.31. The van der Waals surface area contributed by atoms with Gasteiger partial charge in [0.1, 0.15) is 11.3 Å². The zero-order valence-electron chi connectivity index (χ0n) is 15.1. The number of carbonyl (C=O) groups excluding carboxylic acids is 1. The highest BCUT2D eigenvalue weighted by atomic mass is 16.5. The van der Waals surface area contributed by atoms with Gasteiger partial charge in [-0.2, -0.15) is 0 Å². The second-order valence-corrected chi connectivity index (χ2v) is 6.86. The van der Waals surface area contributed by atoms with Crippen LogP contribution >= 0.6 is 0 Å². The first-order chi connectivity index (χ1) is 13.1. The molecule has 3 N–H and O–H groups in total. The number of hydrogen-bond acceptors (Lipinski definition) is 6. The quantitative estimate of drug-likeness (QED) is 0.683. The Kier molecular flexibility index (Phi) is 4.39. The maximum atomic E-state index is 12.5. The SMILES string of the molecule is COC(=O)c1cccc(Cn2c(=O)[nH]c3c(N)nc(C4CCCC4)nc32)c1. The van der Waals surface area contributed by atoms with Crippen molar-refractivity contribution < 1.29 is 9.53 Å². The monoisotopic (exact) mass is 367 g/mol. The number of nitrogen functional groups attached to an aromatic ring is 1. The third-order valence-corrected chi connectivity index (χ3v) is 5.08. The number of nitrogens with two attached hydrogens (primary N) is 1. The third kappa shape index (κ3) is 3.18. The first-order valence-corrected chi connectivity index (χ1v) is 9.00. The molecule has 0 unspecified atom stereocenters. The van der Waals surface area contributed by atoms with E-state index in [1.54, 1.807) is 18.2 Å². The Morgan fingerprint density at radius 1 is 1.33 bits per heavy atom. The molecule has 1 fully saturated rings. The molecule has 1 aliphatic rings. The lowest BCUT2D eigenvalue weighted by Crippen LogP contribution is -2.18. The van der Waals surface area contributed by atoms with E-state index in [0.717, 1.165) is 31.2 Å². The van der Waals surface area contributed by atoms with Crippen molar-refractivity contribution in [1.82, 2.24) is 19.5 Å². The van der Waals surface area contributed by atoms with Gasteiger partial charge in [0.2, 0.25) is 0 Å². The number of aromatic nitrogens is 4. The Balaban J connectivity index is 1.76. The lowest BCUT2D eigenvalue weighted by atomic mass is 10.1. The molecular formula is C19H21N5O3. The van der Waals surface area contributed by atoms with Gasteiger partial charge in [-0.15, -0.1) is 0 Å². The van der Waals surface area contributed by atoms with Crippen molar-refractivity contribution >= 4 is 23.0 Å². The summed E-state index contributed by atoms with van der Waals surface area (Å²) in [5.74, 6) is 0.866. The second kappa shape index (κ2) is 6.86. The Hall–Kier alpha value is -3.16. The zero-order chi connectivity index (χ0) is 19.0. The molecule has 0 radical (unpaired) electrons. The number of ether oxygens (including phenoxy) is 1. The fourth-order valence-electron chi connectivity index (χ4n) is 3.68. The Labute approximate surface area is 155 Å². The van der Waals surface area contributed by atoms with Crippen molar-refractivity contribution in [1.29, 1.82) is 0 Å². The van der Waals surface area contributed by atoms with Crippen LogP contribution in [0.4, 0.5) is 5.82 Å². The number of H-pyrrole nitrogens is 1. The maximum absolute atomic E-state index is 12.5. The van der Waals surface area contributed by atoms with Gasteiger partial charge in [-0.3, -0.25) is 4.57 Å². The third-order valence-electron chi connectivity index (χ3n) is 5.08. The molecule has 2 aromatic heterocycles. The van der Waals surface area contributed by atoms with E-state index >= 15 is 0 Å². The summed E-state index contributed by atoms with van der Waals surface area (Å²) in [6.07, 6.45) is 4.40. The lowest BCUT2D eigenvalue weighted by Gasteiger charge is -2.10. The minimum atomic E-state index is -0.418. The number of aromatic amines is 1. The normalized spacial score (nSPS) is 14.7. The fraction of sp³-hybridized carbons (Fsp3) is 0.368. The van der Waals surface area contributed by atoms with Crippen molar-refractivity contribution in [3.8, 4) is 0 Å². The largest absolute Gasteiger partial charge is 0.465 e. The van der Waals surface area contributed by atoms with Crippen LogP contribution in [0.2, 0.25) is 0 Å². The van der Waals surface area contributed by atoms with E-state index in [-0.39, 0.29) is 18.2 Å². The van der Waals surface area contributed by atoms with Gasteiger partial charge in [0.15, 0.2) is 11.5 Å². The van der Waals surface area contributed by atoms with Crippen molar-refractivity contribution in [2.75, 3.05) is 12.8 Å². The van der Waals surface area contributed by atoms with E-state index in [9.17, 15) is 9.59 Å². The van der Waals surface area contributed by atoms with Crippen LogP contribution in [0.5, 0.6) is 0 Å². The number of esters is 1. The highest BCUT2D eigenvalue weighted by Crippen LogP contribution is 2.33. The van der Waals surface area contributed by atoms with Gasteiger partial charge in [-0.1, -0.05) is 25.0 Å². The number of imidazole rings is 1. The number of hydrogen-bond donors (Lipinski definition) is 2. The number of fused-ring (bicyclic) bond motifs is 1. The maximum Gasteiger partial charge on any atom is 0.337 e. The van der Waals surface area contributed by atoms with Gasteiger partial charge in [0.05, 0.1) is 19.2 Å². The standard InChI is InChI=1S/C19H21N5O3/c1-27-18(25)13-8-4-5-11(9-13)10-24-17-14(21-19(24)26)15(20)22-16(23-17)12-6-2-3-7-12/h4-5,8-9,12H,2-3,6-7,10H2,1H3,(H,21,26)(H2,20,22,23). The van der Waals surface area contributed by atoms with Gasteiger partial charge in [-0.25, -0.2) is 19.6 Å². The topological polar surface area (TPSA) is 116 Å². The molecule has 1 aromatic carbocycles. The van der Waals surface area contributed by atoms with Crippen LogP contribution in [0, 0.1) is 0 Å². The smallest absolute Gasteiger partial charge is 0.337 e. The van der Waals surface area contributed by atoms with Crippen LogP contribution in [0.1, 0.15) is 53.3 Å². The van der Waals surface area contributed by atoms with Crippen LogP contribution in [0.15, 0.2) is 29.1 Å². The first-order valence-electron chi connectivity index (χ1n) is 9.00. The van der Waals surface area contributed by atoms with E-state index in [0.29, 0.717) is 28.4 Å². The molecule has 0 spiro atoms. The zero-order valence-corrected chi connectivity index (χ0v) is 15.1. The van der Waals surface area contributed by atoms with Crippen LogP contribution in [0.3, 0.4) is 0 Å². The van der Waals surface area contributed by atoms with Crippen molar-refractivity contribution in [3.05, 3.63) is 51.7 Å². The van der Waals surface area contributed by atoms with Gasteiger partial charge >= 0.3 is 11.7 Å². The van der Waals surface area contributed by atoms with E-state index in [4.69, 9.17) is 10.5 Å². The highest BCUT2D eigenvalue weighted by Gasteiger charge is 2.23. The molecule has 140 valence electrons. The summed E-state index contributed by atoms with van der Waals surface area (Å²) in [5, 5.41) is 0. The summed E-state index contributed by atoms with van der Waals surface area (Å²) >= 11 is 0. The number of rotatable bonds is 4. The Bertz CT molecular complexity index is 1060.